The van der Waals surface area contributed by atoms with E-state index in [9.17, 15) is 4.79 Å². The number of hydrogen-bond donors (Lipinski definition) is 1. The van der Waals surface area contributed by atoms with Gasteiger partial charge in [-0.1, -0.05) is 6.07 Å². The number of rotatable bonds is 3. The fourth-order valence-electron chi connectivity index (χ4n) is 3.04. The van der Waals surface area contributed by atoms with Gasteiger partial charge in [-0.15, -0.1) is 0 Å². The van der Waals surface area contributed by atoms with Crippen molar-refractivity contribution in [3.05, 3.63) is 52.1 Å². The Morgan fingerprint density at radius 2 is 2.00 bits per heavy atom. The molecule has 1 heterocycles. The van der Waals surface area contributed by atoms with Crippen LogP contribution in [0.3, 0.4) is 0 Å². The van der Waals surface area contributed by atoms with Crippen LogP contribution < -0.4 is 5.32 Å². The molecule has 1 aromatic heterocycles. The van der Waals surface area contributed by atoms with E-state index in [0.29, 0.717) is 12.1 Å². The number of fused-ring (bicyclic) bond motifs is 1. The van der Waals surface area contributed by atoms with Gasteiger partial charge in [-0.05, 0) is 62.8 Å². The van der Waals surface area contributed by atoms with Crippen molar-refractivity contribution in [1.29, 1.82) is 0 Å². The molecule has 1 aromatic carbocycles. The number of benzene rings is 1. The van der Waals surface area contributed by atoms with Crippen LogP contribution >= 0.6 is 0 Å². The summed E-state index contributed by atoms with van der Waals surface area (Å²) in [4.78, 5) is 17.0. The summed E-state index contributed by atoms with van der Waals surface area (Å²) in [6.45, 7) is 4.56. The average Bonchev–Trinajstić information content (AvgIpc) is 2.84. The minimum atomic E-state index is -0.0379. The molecule has 4 nitrogen and oxygen atoms in total. The molecule has 0 spiro atoms. The number of nitrogens with zero attached hydrogens (tertiary/aromatic N) is 2. The lowest BCUT2D eigenvalue weighted by molar-refractivity contribution is 0.0949. The predicted octanol–water partition coefficient (Wildman–Crippen LogP) is 2.85. The van der Waals surface area contributed by atoms with E-state index < -0.39 is 0 Å². The van der Waals surface area contributed by atoms with E-state index >= 15 is 0 Å². The highest BCUT2D eigenvalue weighted by molar-refractivity contribution is 5.94. The summed E-state index contributed by atoms with van der Waals surface area (Å²) in [5.74, 6) is 0.910. The molecule has 0 radical (unpaired) electrons. The molecule has 0 aliphatic heterocycles. The normalized spacial score (nSPS) is 13.8. The summed E-state index contributed by atoms with van der Waals surface area (Å²) < 4.78 is 2.15. The first kappa shape index (κ1) is 14.8. The van der Waals surface area contributed by atoms with E-state index in [1.54, 1.807) is 0 Å². The zero-order chi connectivity index (χ0) is 15.7. The topological polar surface area (TPSA) is 46.9 Å². The molecule has 0 saturated heterocycles. The van der Waals surface area contributed by atoms with Crippen molar-refractivity contribution in [3.8, 4) is 0 Å². The maximum absolute atomic E-state index is 12.3. The zero-order valence-corrected chi connectivity index (χ0v) is 13.6. The first-order valence-corrected chi connectivity index (χ1v) is 7.95. The second-order valence-electron chi connectivity index (χ2n) is 6.17. The third-order valence-electron chi connectivity index (χ3n) is 4.64. The number of carbonyl (C=O) groups is 1. The number of nitrogens with one attached hydrogen (secondary N) is 1. The molecule has 0 saturated carbocycles. The maximum atomic E-state index is 12.3. The van der Waals surface area contributed by atoms with E-state index in [1.807, 2.05) is 25.1 Å². The Labute approximate surface area is 131 Å². The number of aromatic nitrogens is 2. The third kappa shape index (κ3) is 2.78. The quantitative estimate of drug-likeness (QED) is 0.947. The number of carbonyl (C=O) groups excluding carboxylic acids is 1. The minimum absolute atomic E-state index is 0.0379. The van der Waals surface area contributed by atoms with Crippen LogP contribution in [0.1, 0.15) is 51.5 Å². The van der Waals surface area contributed by atoms with E-state index in [2.05, 4.69) is 23.9 Å². The maximum Gasteiger partial charge on any atom is 0.251 e. The van der Waals surface area contributed by atoms with Crippen LogP contribution in [-0.4, -0.2) is 15.5 Å². The van der Waals surface area contributed by atoms with Crippen LogP contribution in [0.2, 0.25) is 0 Å². The van der Waals surface area contributed by atoms with Crippen molar-refractivity contribution < 1.29 is 4.79 Å². The number of imidazole rings is 1. The van der Waals surface area contributed by atoms with Crippen LogP contribution in [0, 0.1) is 13.8 Å². The summed E-state index contributed by atoms with van der Waals surface area (Å²) in [6, 6.07) is 5.80. The highest BCUT2D eigenvalue weighted by Crippen LogP contribution is 2.21. The van der Waals surface area contributed by atoms with Crippen molar-refractivity contribution in [1.82, 2.24) is 14.9 Å². The molecule has 1 amide bonds. The monoisotopic (exact) mass is 297 g/mol. The molecule has 0 bridgehead atoms. The van der Waals surface area contributed by atoms with Crippen molar-refractivity contribution in [2.24, 2.45) is 7.05 Å². The van der Waals surface area contributed by atoms with Gasteiger partial charge in [0.25, 0.3) is 5.91 Å². The Morgan fingerprint density at radius 3 is 2.73 bits per heavy atom. The molecule has 4 heteroatoms. The molecule has 116 valence electrons. The number of hydrogen-bond acceptors (Lipinski definition) is 2. The Hall–Kier alpha value is -2.10. The fourth-order valence-corrected chi connectivity index (χ4v) is 3.04. The summed E-state index contributed by atoms with van der Waals surface area (Å²) in [5.41, 5.74) is 5.60. The fraction of sp³-hybridized carbons (Fsp3) is 0.444. The molecular formula is C18H23N3O. The van der Waals surface area contributed by atoms with Crippen LogP contribution in [0.4, 0.5) is 0 Å². The Bertz CT molecular complexity index is 715. The Balaban J connectivity index is 1.71. The van der Waals surface area contributed by atoms with E-state index in [-0.39, 0.29) is 5.91 Å². The van der Waals surface area contributed by atoms with Crippen molar-refractivity contribution in [2.45, 2.75) is 46.1 Å². The Morgan fingerprint density at radius 1 is 1.23 bits per heavy atom. The largest absolute Gasteiger partial charge is 0.345 e. The summed E-state index contributed by atoms with van der Waals surface area (Å²) in [6.07, 6.45) is 4.62. The predicted molar refractivity (Wildman–Crippen MR) is 86.9 cm³/mol. The van der Waals surface area contributed by atoms with E-state index in [1.165, 1.54) is 29.8 Å². The first-order valence-electron chi connectivity index (χ1n) is 7.95. The molecular weight excluding hydrogens is 274 g/mol. The van der Waals surface area contributed by atoms with Gasteiger partial charge in [0, 0.05) is 18.3 Å². The number of aryl methyl sites for hydroxylation is 3. The van der Waals surface area contributed by atoms with Gasteiger partial charge in [0.2, 0.25) is 0 Å². The van der Waals surface area contributed by atoms with Crippen LogP contribution in [0.5, 0.6) is 0 Å². The lowest BCUT2D eigenvalue weighted by atomic mass is 10.0. The highest BCUT2D eigenvalue weighted by atomic mass is 16.1. The first-order chi connectivity index (χ1) is 10.6. The Kier molecular flexibility index (Phi) is 4.01. The van der Waals surface area contributed by atoms with Crippen molar-refractivity contribution >= 4 is 5.91 Å². The molecule has 22 heavy (non-hydrogen) atoms. The molecule has 1 aliphatic rings. The lowest BCUT2D eigenvalue weighted by Gasteiger charge is -2.11. The average molecular weight is 297 g/mol. The SMILES string of the molecule is Cc1ccc(C(=O)NCc2nc3c(n2C)CCCC3)cc1C. The van der Waals surface area contributed by atoms with Crippen LogP contribution in [0.25, 0.3) is 0 Å². The van der Waals surface area contributed by atoms with Crippen molar-refractivity contribution in [2.75, 3.05) is 0 Å². The molecule has 0 unspecified atom stereocenters. The summed E-state index contributed by atoms with van der Waals surface area (Å²) >= 11 is 0. The smallest absolute Gasteiger partial charge is 0.251 e. The van der Waals surface area contributed by atoms with Gasteiger partial charge < -0.3 is 9.88 Å². The van der Waals surface area contributed by atoms with Gasteiger partial charge in [0.05, 0.1) is 12.2 Å². The standard InChI is InChI=1S/C18H23N3O/c1-12-8-9-14(10-13(12)2)18(22)19-11-17-20-15-6-4-5-7-16(15)21(17)3/h8-10H,4-7,11H2,1-3H3,(H,19,22). The molecule has 1 N–H and O–H groups in total. The second kappa shape index (κ2) is 5.95. The molecule has 0 fully saturated rings. The lowest BCUT2D eigenvalue weighted by Crippen LogP contribution is -2.24. The third-order valence-corrected chi connectivity index (χ3v) is 4.64. The van der Waals surface area contributed by atoms with Crippen LogP contribution in [-0.2, 0) is 26.4 Å². The zero-order valence-electron chi connectivity index (χ0n) is 13.6. The molecule has 1 aliphatic carbocycles. The van der Waals surface area contributed by atoms with Crippen molar-refractivity contribution in [3.63, 3.8) is 0 Å². The van der Waals surface area contributed by atoms with Gasteiger partial charge in [0.1, 0.15) is 5.82 Å². The molecule has 2 aromatic rings. The van der Waals surface area contributed by atoms with Gasteiger partial charge in [-0.2, -0.15) is 0 Å². The van der Waals surface area contributed by atoms with Gasteiger partial charge in [0.15, 0.2) is 0 Å². The minimum Gasteiger partial charge on any atom is -0.345 e. The van der Waals surface area contributed by atoms with Gasteiger partial charge in [-0.25, -0.2) is 4.98 Å². The summed E-state index contributed by atoms with van der Waals surface area (Å²) in [5, 5.41) is 2.99. The van der Waals surface area contributed by atoms with E-state index in [4.69, 9.17) is 4.98 Å². The van der Waals surface area contributed by atoms with E-state index in [0.717, 1.165) is 24.2 Å². The molecule has 3 rings (SSSR count). The second-order valence-corrected chi connectivity index (χ2v) is 6.17. The highest BCUT2D eigenvalue weighted by Gasteiger charge is 2.18. The van der Waals surface area contributed by atoms with Crippen LogP contribution in [0.15, 0.2) is 18.2 Å². The van der Waals surface area contributed by atoms with Gasteiger partial charge >= 0.3 is 0 Å². The number of amides is 1. The summed E-state index contributed by atoms with van der Waals surface area (Å²) in [7, 11) is 2.05. The molecule has 0 atom stereocenters. The van der Waals surface area contributed by atoms with Gasteiger partial charge in [-0.3, -0.25) is 4.79 Å².